The van der Waals surface area contributed by atoms with Crippen molar-refractivity contribution in [2.45, 2.75) is 25.4 Å². The van der Waals surface area contributed by atoms with Crippen molar-refractivity contribution in [3.63, 3.8) is 0 Å². The lowest BCUT2D eigenvalue weighted by molar-refractivity contribution is -0.223. The molecule has 2 unspecified atom stereocenters. The standard InChI is InChI=1S/C23H46N3O15P/c1-33-13-14-37-19-26-23(30)40-18-20(17-39-22(29)25-7-12-35-9-4-8-27)38-10-3-5-21(28)24-6-11-36-15-16-41-42(31,32)34-2/h20,27H,3-19H2,1-2H3,(H,24,28)(H,25,29)(H,26,30)(H,31,32)/p-1. The molecule has 0 aromatic rings. The summed E-state index contributed by atoms with van der Waals surface area (Å²) >= 11 is 0. The van der Waals surface area contributed by atoms with Gasteiger partial charge in [-0.2, -0.15) is 0 Å². The van der Waals surface area contributed by atoms with E-state index < -0.39 is 26.1 Å². The highest BCUT2D eigenvalue weighted by molar-refractivity contribution is 7.45. The predicted octanol–water partition coefficient (Wildman–Crippen LogP) is -1.11. The molecule has 0 saturated heterocycles. The third-order valence-corrected chi connectivity index (χ3v) is 5.63. The second-order valence-electron chi connectivity index (χ2n) is 8.06. The molecule has 248 valence electrons. The highest BCUT2D eigenvalue weighted by Gasteiger charge is 2.16. The van der Waals surface area contributed by atoms with Crippen LogP contribution in [0, 0.1) is 0 Å². The average Bonchev–Trinajstić information content (AvgIpc) is 2.97. The highest BCUT2D eigenvalue weighted by atomic mass is 31.2. The summed E-state index contributed by atoms with van der Waals surface area (Å²) in [5.41, 5.74) is 0. The Bertz CT molecular complexity index is 750. The van der Waals surface area contributed by atoms with Crippen molar-refractivity contribution in [2.24, 2.45) is 0 Å². The van der Waals surface area contributed by atoms with Crippen molar-refractivity contribution in [3.8, 4) is 0 Å². The second-order valence-corrected chi connectivity index (χ2v) is 9.57. The van der Waals surface area contributed by atoms with Crippen molar-refractivity contribution < 1.29 is 71.2 Å². The number of hydrogen-bond acceptors (Lipinski definition) is 15. The van der Waals surface area contributed by atoms with Gasteiger partial charge in [0.2, 0.25) is 5.91 Å². The quantitative estimate of drug-likeness (QED) is 0.0454. The molecule has 0 heterocycles. The van der Waals surface area contributed by atoms with Gasteiger partial charge in [-0.25, -0.2) is 9.59 Å². The van der Waals surface area contributed by atoms with Crippen molar-refractivity contribution in [1.82, 2.24) is 16.0 Å². The van der Waals surface area contributed by atoms with E-state index in [1.807, 2.05) is 0 Å². The molecule has 4 N–H and O–H groups in total. The molecule has 0 spiro atoms. The normalized spacial score (nSPS) is 13.1. The Labute approximate surface area is 245 Å². The third kappa shape index (κ3) is 26.8. The lowest BCUT2D eigenvalue weighted by atomic mass is 10.3. The zero-order valence-electron chi connectivity index (χ0n) is 24.2. The van der Waals surface area contributed by atoms with E-state index in [1.54, 1.807) is 0 Å². The molecule has 0 aliphatic carbocycles. The number of methoxy groups -OCH3 is 1. The third-order valence-electron chi connectivity index (χ3n) is 4.68. The number of hydrogen-bond donors (Lipinski definition) is 4. The lowest BCUT2D eigenvalue weighted by Crippen LogP contribution is -2.35. The maximum Gasteiger partial charge on any atom is 0.409 e. The van der Waals surface area contributed by atoms with E-state index in [0.29, 0.717) is 26.1 Å². The number of amides is 3. The Hall–Kier alpha value is -2.12. The number of phosphoric acid groups is 1. The van der Waals surface area contributed by atoms with Crippen LogP contribution in [-0.2, 0) is 51.6 Å². The van der Waals surface area contributed by atoms with Gasteiger partial charge in [0, 0.05) is 53.6 Å². The van der Waals surface area contributed by atoms with Gasteiger partial charge in [0.15, 0.2) is 0 Å². The summed E-state index contributed by atoms with van der Waals surface area (Å²) in [6, 6.07) is 0. The van der Waals surface area contributed by atoms with Crippen LogP contribution in [0.2, 0.25) is 0 Å². The molecule has 0 rings (SSSR count). The first-order valence-corrected chi connectivity index (χ1v) is 14.7. The Morgan fingerprint density at radius 2 is 1.43 bits per heavy atom. The van der Waals surface area contributed by atoms with Gasteiger partial charge in [0.1, 0.15) is 26.0 Å². The number of ether oxygens (including phenoxy) is 7. The van der Waals surface area contributed by atoms with Crippen LogP contribution in [0.25, 0.3) is 0 Å². The topological polar surface area (TPSA) is 231 Å². The van der Waals surface area contributed by atoms with E-state index in [9.17, 15) is 23.8 Å². The van der Waals surface area contributed by atoms with Crippen molar-refractivity contribution in [2.75, 3.05) is 107 Å². The summed E-state index contributed by atoms with van der Waals surface area (Å²) in [5, 5.41) is 16.2. The second kappa shape index (κ2) is 27.7. The first-order valence-electron chi connectivity index (χ1n) is 13.3. The van der Waals surface area contributed by atoms with Crippen LogP contribution >= 0.6 is 7.82 Å². The van der Waals surface area contributed by atoms with E-state index in [-0.39, 0.29) is 91.6 Å². The number of carbonyl (C=O) groups excluding carboxylic acids is 3. The van der Waals surface area contributed by atoms with Crippen molar-refractivity contribution in [3.05, 3.63) is 0 Å². The number of carbonyl (C=O) groups is 3. The molecule has 0 aromatic carbocycles. The Morgan fingerprint density at radius 1 is 0.786 bits per heavy atom. The molecule has 3 amide bonds. The summed E-state index contributed by atoms with van der Waals surface area (Å²) in [5.74, 6) is -0.264. The SMILES string of the molecule is COCCOCNC(=O)OCC(COC(=O)NCCOCCCO)OCCCC(=O)NCCOCCOP(=O)([O-])OC. The number of alkyl carbamates (subject to hydrolysis) is 2. The molecule has 0 aliphatic rings. The molecular weight excluding hydrogens is 589 g/mol. The lowest BCUT2D eigenvalue weighted by Gasteiger charge is -2.19. The zero-order chi connectivity index (χ0) is 31.3. The summed E-state index contributed by atoms with van der Waals surface area (Å²) in [7, 11) is -1.79. The minimum atomic E-state index is -4.29. The number of aliphatic hydroxyl groups excluding tert-OH is 1. The van der Waals surface area contributed by atoms with Crippen LogP contribution in [0.3, 0.4) is 0 Å². The monoisotopic (exact) mass is 634 g/mol. The van der Waals surface area contributed by atoms with Gasteiger partial charge < -0.3 is 62.8 Å². The molecule has 19 heteroatoms. The first-order chi connectivity index (χ1) is 20.2. The van der Waals surface area contributed by atoms with Gasteiger partial charge in [-0.1, -0.05) is 0 Å². The van der Waals surface area contributed by atoms with E-state index in [0.717, 1.165) is 7.11 Å². The highest BCUT2D eigenvalue weighted by Crippen LogP contribution is 2.36. The summed E-state index contributed by atoms with van der Waals surface area (Å²) < 4.78 is 55.8. The molecular formula is C23H45N3O15P-. The minimum absolute atomic E-state index is 0.000123. The summed E-state index contributed by atoms with van der Waals surface area (Å²) in [6.07, 6.45) is -1.35. The van der Waals surface area contributed by atoms with Crippen LogP contribution in [0.5, 0.6) is 0 Å². The summed E-state index contributed by atoms with van der Waals surface area (Å²) in [4.78, 5) is 46.8. The van der Waals surface area contributed by atoms with Gasteiger partial charge in [-0.15, -0.1) is 0 Å². The van der Waals surface area contributed by atoms with Gasteiger partial charge in [-0.3, -0.25) is 14.7 Å². The zero-order valence-corrected chi connectivity index (χ0v) is 25.1. The number of rotatable bonds is 28. The number of phosphoric ester groups is 1. The fourth-order valence-corrected chi connectivity index (χ4v) is 3.00. The average molecular weight is 635 g/mol. The molecule has 0 bridgehead atoms. The van der Waals surface area contributed by atoms with Crippen molar-refractivity contribution >= 4 is 25.9 Å². The van der Waals surface area contributed by atoms with Gasteiger partial charge in [0.05, 0.1) is 39.6 Å². The molecule has 18 nitrogen and oxygen atoms in total. The summed E-state index contributed by atoms with van der Waals surface area (Å²) in [6.45, 7) is 1.17. The molecule has 0 radical (unpaired) electrons. The maximum absolute atomic E-state index is 12.0. The molecule has 0 aromatic heterocycles. The van der Waals surface area contributed by atoms with Crippen LogP contribution in [0.4, 0.5) is 9.59 Å². The smallest absolute Gasteiger partial charge is 0.409 e. The molecule has 0 saturated carbocycles. The van der Waals surface area contributed by atoms with Crippen LogP contribution in [-0.4, -0.2) is 136 Å². The van der Waals surface area contributed by atoms with E-state index in [2.05, 4.69) is 25.0 Å². The maximum atomic E-state index is 12.0. The van der Waals surface area contributed by atoms with Crippen molar-refractivity contribution in [1.29, 1.82) is 0 Å². The first kappa shape index (κ1) is 39.9. The minimum Gasteiger partial charge on any atom is -0.756 e. The van der Waals surface area contributed by atoms with E-state index in [1.165, 1.54) is 7.11 Å². The fourth-order valence-electron chi connectivity index (χ4n) is 2.60. The van der Waals surface area contributed by atoms with Crippen LogP contribution < -0.4 is 20.8 Å². The van der Waals surface area contributed by atoms with Crippen LogP contribution in [0.1, 0.15) is 19.3 Å². The molecule has 2 atom stereocenters. The van der Waals surface area contributed by atoms with Gasteiger partial charge >= 0.3 is 12.2 Å². The fraction of sp³-hybridized carbons (Fsp3) is 0.870. The Morgan fingerprint density at radius 3 is 2.10 bits per heavy atom. The van der Waals surface area contributed by atoms with E-state index in [4.69, 9.17) is 38.3 Å². The predicted molar refractivity (Wildman–Crippen MR) is 142 cm³/mol. The van der Waals surface area contributed by atoms with Crippen LogP contribution in [0.15, 0.2) is 0 Å². The molecule has 42 heavy (non-hydrogen) atoms. The molecule has 0 fully saturated rings. The Kier molecular flexibility index (Phi) is 26.3. The largest absolute Gasteiger partial charge is 0.756 e. The number of aliphatic hydroxyl groups is 1. The van der Waals surface area contributed by atoms with E-state index >= 15 is 0 Å². The van der Waals surface area contributed by atoms with Gasteiger partial charge in [0.25, 0.3) is 7.82 Å². The molecule has 0 aliphatic heterocycles. The van der Waals surface area contributed by atoms with Gasteiger partial charge in [-0.05, 0) is 12.8 Å². The number of nitrogens with one attached hydrogen (secondary N) is 3. The Balaban J connectivity index is 4.29.